The van der Waals surface area contributed by atoms with Crippen molar-refractivity contribution in [1.29, 1.82) is 0 Å². The highest BCUT2D eigenvalue weighted by molar-refractivity contribution is 5.85. The minimum absolute atomic E-state index is 0. The summed E-state index contributed by atoms with van der Waals surface area (Å²) in [6, 6.07) is 0.101. The van der Waals surface area contributed by atoms with Crippen LogP contribution in [0.5, 0.6) is 0 Å². The number of rotatable bonds is 2. The zero-order chi connectivity index (χ0) is 18.0. The summed E-state index contributed by atoms with van der Waals surface area (Å²) in [7, 11) is 0. The van der Waals surface area contributed by atoms with E-state index in [9.17, 15) is 18.0 Å². The number of nitrogens with zero attached hydrogens (tertiary/aromatic N) is 4. The molecule has 0 spiro atoms. The van der Waals surface area contributed by atoms with Gasteiger partial charge in [-0.05, 0) is 19.3 Å². The molecule has 2 heterocycles. The Morgan fingerprint density at radius 3 is 2.27 bits per heavy atom. The molecule has 0 bridgehead atoms. The maximum atomic E-state index is 12.6. The van der Waals surface area contributed by atoms with E-state index in [1.807, 2.05) is 4.90 Å². The van der Waals surface area contributed by atoms with Crippen molar-refractivity contribution in [2.45, 2.75) is 37.9 Å². The van der Waals surface area contributed by atoms with E-state index in [1.165, 1.54) is 0 Å². The van der Waals surface area contributed by atoms with Gasteiger partial charge >= 0.3 is 6.18 Å². The van der Waals surface area contributed by atoms with Crippen molar-refractivity contribution in [3.05, 3.63) is 18.0 Å². The molecule has 146 valence electrons. The van der Waals surface area contributed by atoms with E-state index in [2.05, 4.69) is 9.97 Å². The van der Waals surface area contributed by atoms with Gasteiger partial charge in [0.15, 0.2) is 0 Å². The first kappa shape index (κ1) is 20.7. The molecule has 2 N–H and O–H groups in total. The van der Waals surface area contributed by atoms with Gasteiger partial charge in [-0.2, -0.15) is 13.2 Å². The molecule has 2 atom stereocenters. The van der Waals surface area contributed by atoms with E-state index >= 15 is 0 Å². The molecule has 1 saturated heterocycles. The van der Waals surface area contributed by atoms with Gasteiger partial charge in [0, 0.05) is 50.5 Å². The van der Waals surface area contributed by atoms with Crippen LogP contribution in [0.1, 0.15) is 31.2 Å². The highest BCUT2D eigenvalue weighted by Crippen LogP contribution is 2.29. The van der Waals surface area contributed by atoms with Gasteiger partial charge < -0.3 is 15.5 Å². The Kier molecular flexibility index (Phi) is 6.68. The summed E-state index contributed by atoms with van der Waals surface area (Å²) < 4.78 is 37.7. The van der Waals surface area contributed by atoms with E-state index in [4.69, 9.17) is 5.73 Å². The van der Waals surface area contributed by atoms with Crippen LogP contribution in [0, 0.1) is 5.92 Å². The second kappa shape index (κ2) is 8.39. The van der Waals surface area contributed by atoms with Crippen LogP contribution in [0.3, 0.4) is 0 Å². The Balaban J connectivity index is 0.00000243. The lowest BCUT2D eigenvalue weighted by Gasteiger charge is -2.37. The van der Waals surface area contributed by atoms with Crippen LogP contribution in [0.4, 0.5) is 19.1 Å². The third-order valence-corrected chi connectivity index (χ3v) is 4.90. The van der Waals surface area contributed by atoms with Crippen molar-refractivity contribution < 1.29 is 18.0 Å². The predicted octanol–water partition coefficient (Wildman–Crippen LogP) is 2.08. The largest absolute Gasteiger partial charge is 0.419 e. The zero-order valence-corrected chi connectivity index (χ0v) is 15.1. The number of carbonyl (C=O) groups excluding carboxylic acids is 1. The molecule has 1 saturated carbocycles. The summed E-state index contributed by atoms with van der Waals surface area (Å²) in [5.41, 5.74) is 5.10. The maximum Gasteiger partial charge on any atom is 0.419 e. The van der Waals surface area contributed by atoms with E-state index in [0.29, 0.717) is 26.2 Å². The molecule has 2 fully saturated rings. The number of halogens is 4. The highest BCUT2D eigenvalue weighted by Gasteiger charge is 2.33. The van der Waals surface area contributed by atoms with Gasteiger partial charge in [0.25, 0.3) is 0 Å². The molecule has 26 heavy (non-hydrogen) atoms. The first-order valence-corrected chi connectivity index (χ1v) is 8.53. The summed E-state index contributed by atoms with van der Waals surface area (Å²) in [6.07, 6.45) is 0.729. The molecule has 1 aromatic rings. The van der Waals surface area contributed by atoms with Gasteiger partial charge in [-0.25, -0.2) is 9.97 Å². The molecule has 1 aliphatic heterocycles. The smallest absolute Gasteiger partial charge is 0.339 e. The molecular weight excluding hydrogens is 371 g/mol. The van der Waals surface area contributed by atoms with E-state index < -0.39 is 11.7 Å². The molecule has 10 heteroatoms. The van der Waals surface area contributed by atoms with E-state index in [0.717, 1.165) is 38.1 Å². The molecule has 0 unspecified atom stereocenters. The van der Waals surface area contributed by atoms with Gasteiger partial charge in [-0.3, -0.25) is 4.79 Å². The molecule has 0 radical (unpaired) electrons. The monoisotopic (exact) mass is 393 g/mol. The number of nitrogens with two attached hydrogens (primary N) is 1. The molecular formula is C16H23ClF3N5O. The molecule has 1 amide bonds. The quantitative estimate of drug-likeness (QED) is 0.832. The van der Waals surface area contributed by atoms with Crippen molar-refractivity contribution in [2.24, 2.45) is 11.7 Å². The van der Waals surface area contributed by atoms with Crippen LogP contribution in [-0.4, -0.2) is 53.0 Å². The summed E-state index contributed by atoms with van der Waals surface area (Å²) in [4.78, 5) is 23.8. The fourth-order valence-corrected chi connectivity index (χ4v) is 3.47. The van der Waals surface area contributed by atoms with E-state index in [1.54, 1.807) is 4.90 Å². The van der Waals surface area contributed by atoms with Crippen LogP contribution < -0.4 is 10.6 Å². The third kappa shape index (κ3) is 4.76. The Bertz CT molecular complexity index is 605. The average Bonchev–Trinajstić information content (AvgIpc) is 2.61. The Morgan fingerprint density at radius 1 is 1.12 bits per heavy atom. The van der Waals surface area contributed by atoms with Crippen molar-refractivity contribution >= 4 is 24.3 Å². The number of hydrogen-bond donors (Lipinski definition) is 1. The minimum atomic E-state index is -4.44. The third-order valence-electron chi connectivity index (χ3n) is 4.90. The number of anilines is 1. The maximum absolute atomic E-state index is 12.6. The summed E-state index contributed by atoms with van der Waals surface area (Å²) in [6.45, 7) is 2.07. The van der Waals surface area contributed by atoms with Crippen molar-refractivity contribution in [3.8, 4) is 0 Å². The lowest BCUT2D eigenvalue weighted by molar-refractivity contribution is -0.138. The molecule has 6 nitrogen and oxygen atoms in total. The first-order valence-electron chi connectivity index (χ1n) is 8.53. The van der Waals surface area contributed by atoms with Crippen molar-refractivity contribution in [1.82, 2.24) is 14.9 Å². The Hall–Kier alpha value is -1.61. The molecule has 1 aromatic heterocycles. The summed E-state index contributed by atoms with van der Waals surface area (Å²) in [5.74, 6) is 0.403. The van der Waals surface area contributed by atoms with E-state index in [-0.39, 0.29) is 36.2 Å². The average molecular weight is 394 g/mol. The lowest BCUT2D eigenvalue weighted by atomic mass is 9.85. The Labute approximate surface area is 156 Å². The van der Waals surface area contributed by atoms with Gasteiger partial charge in [0.2, 0.25) is 11.9 Å². The first-order chi connectivity index (χ1) is 11.8. The fourth-order valence-electron chi connectivity index (χ4n) is 3.47. The molecule has 0 aromatic carbocycles. The van der Waals surface area contributed by atoms with Gasteiger partial charge in [-0.15, -0.1) is 12.4 Å². The number of hydrogen-bond acceptors (Lipinski definition) is 5. The number of aromatic nitrogens is 2. The second-order valence-electron chi connectivity index (χ2n) is 6.71. The van der Waals surface area contributed by atoms with Gasteiger partial charge in [0.05, 0.1) is 5.56 Å². The van der Waals surface area contributed by atoms with Crippen LogP contribution in [0.25, 0.3) is 0 Å². The second-order valence-corrected chi connectivity index (χ2v) is 6.71. The molecule has 3 rings (SSSR count). The number of alkyl halides is 3. The standard InChI is InChI=1S/C16H22F3N5O.ClH/c17-16(18,19)12-9-21-15(22-10-12)24-6-4-23(5-7-24)14(25)11-2-1-3-13(20)8-11;/h9-11,13H,1-8,20H2;1H/t11-,13-;/m0./s1. The summed E-state index contributed by atoms with van der Waals surface area (Å²) >= 11 is 0. The predicted molar refractivity (Wildman–Crippen MR) is 93.0 cm³/mol. The van der Waals surface area contributed by atoms with Crippen LogP contribution in [0.15, 0.2) is 12.4 Å². The molecule has 2 aliphatic rings. The van der Waals surface area contributed by atoms with Crippen LogP contribution in [-0.2, 0) is 11.0 Å². The molecule has 1 aliphatic carbocycles. The van der Waals surface area contributed by atoms with Crippen molar-refractivity contribution in [3.63, 3.8) is 0 Å². The summed E-state index contributed by atoms with van der Waals surface area (Å²) in [5, 5.41) is 0. The van der Waals surface area contributed by atoms with Crippen molar-refractivity contribution in [2.75, 3.05) is 31.1 Å². The normalized spacial score (nSPS) is 24.2. The highest BCUT2D eigenvalue weighted by atomic mass is 35.5. The van der Waals surface area contributed by atoms with Crippen LogP contribution >= 0.6 is 12.4 Å². The van der Waals surface area contributed by atoms with Gasteiger partial charge in [0.1, 0.15) is 0 Å². The topological polar surface area (TPSA) is 75.4 Å². The van der Waals surface area contributed by atoms with Crippen LogP contribution in [0.2, 0.25) is 0 Å². The SMILES string of the molecule is Cl.N[C@H]1CCC[C@H](C(=O)N2CCN(c3ncc(C(F)(F)F)cn3)CC2)C1. The Morgan fingerprint density at radius 2 is 1.73 bits per heavy atom. The number of piperazine rings is 1. The number of amides is 1. The lowest BCUT2D eigenvalue weighted by Crippen LogP contribution is -2.51. The fraction of sp³-hybridized carbons (Fsp3) is 0.688. The number of carbonyl (C=O) groups is 1. The minimum Gasteiger partial charge on any atom is -0.339 e. The zero-order valence-electron chi connectivity index (χ0n) is 14.3. The van der Waals surface area contributed by atoms with Gasteiger partial charge in [-0.1, -0.05) is 6.42 Å².